The molecule has 4 nitrogen and oxygen atoms in total. The predicted octanol–water partition coefficient (Wildman–Crippen LogP) is 5.28. The molecule has 0 aromatic rings. The molecule has 0 amide bonds. The standard InChI is InChI=1S/C24H34F2O4/c1-21-7-8-23(27-9-10-28-23)14-15(21)13-16(20(25)26)19-17(21)3-5-22(2)18(19)4-6-24(22)29-11-12-30-24/h15,17-19H,3-14H2,1-2H3/t15-,17?,18?,19?,21-,22-/m0/s1. The first-order valence-electron chi connectivity index (χ1n) is 11.9. The molecule has 6 rings (SSSR count). The van der Waals surface area contributed by atoms with Gasteiger partial charge in [0.15, 0.2) is 11.6 Å². The third-order valence-corrected chi connectivity index (χ3v) is 10.4. The van der Waals surface area contributed by atoms with E-state index in [2.05, 4.69) is 13.8 Å². The molecule has 6 heteroatoms. The van der Waals surface area contributed by atoms with Crippen LogP contribution in [-0.4, -0.2) is 38.0 Å². The van der Waals surface area contributed by atoms with E-state index in [1.165, 1.54) is 0 Å². The zero-order valence-corrected chi connectivity index (χ0v) is 18.2. The van der Waals surface area contributed by atoms with Gasteiger partial charge in [-0.2, -0.15) is 8.78 Å². The number of ether oxygens (including phenoxy) is 4. The summed E-state index contributed by atoms with van der Waals surface area (Å²) in [5.74, 6) is -0.441. The van der Waals surface area contributed by atoms with Gasteiger partial charge >= 0.3 is 0 Å². The van der Waals surface area contributed by atoms with Gasteiger partial charge in [-0.3, -0.25) is 0 Å². The van der Waals surface area contributed by atoms with E-state index in [1.54, 1.807) is 0 Å². The van der Waals surface area contributed by atoms with Gasteiger partial charge in [-0.25, -0.2) is 0 Å². The first kappa shape index (κ1) is 20.1. The molecule has 4 aliphatic carbocycles. The number of allylic oxidation sites excluding steroid dienone is 1. The molecule has 4 saturated carbocycles. The number of hydrogen-bond acceptors (Lipinski definition) is 4. The van der Waals surface area contributed by atoms with Crippen LogP contribution in [0.4, 0.5) is 8.78 Å². The van der Waals surface area contributed by atoms with Crippen molar-refractivity contribution >= 4 is 0 Å². The van der Waals surface area contributed by atoms with Crippen molar-refractivity contribution in [2.75, 3.05) is 26.4 Å². The molecule has 2 heterocycles. The SMILES string of the molecule is C[C@]12CCC3C(C(=C(F)F)C[C@H]4CC5(CC[C@]34C)OCCO5)C1CCC21OCCO1. The third-order valence-electron chi connectivity index (χ3n) is 10.4. The Morgan fingerprint density at radius 3 is 2.20 bits per heavy atom. The van der Waals surface area contributed by atoms with Gasteiger partial charge < -0.3 is 18.9 Å². The minimum absolute atomic E-state index is 0.0540. The van der Waals surface area contributed by atoms with Crippen LogP contribution in [0, 0.1) is 34.5 Å². The van der Waals surface area contributed by atoms with Crippen LogP contribution in [0.2, 0.25) is 0 Å². The third kappa shape index (κ3) is 2.45. The summed E-state index contributed by atoms with van der Waals surface area (Å²) in [5.41, 5.74) is 0.310. The van der Waals surface area contributed by atoms with Crippen LogP contribution in [0.3, 0.4) is 0 Å². The number of halogens is 2. The highest BCUT2D eigenvalue weighted by atomic mass is 19.3. The molecule has 2 aliphatic heterocycles. The molecule has 0 aromatic carbocycles. The van der Waals surface area contributed by atoms with E-state index in [-0.39, 0.29) is 28.6 Å². The normalized spacial score (nSPS) is 48.6. The maximum Gasteiger partial charge on any atom is 0.269 e. The summed E-state index contributed by atoms with van der Waals surface area (Å²) in [6, 6.07) is 0. The van der Waals surface area contributed by atoms with Crippen LogP contribution >= 0.6 is 0 Å². The predicted molar refractivity (Wildman–Crippen MR) is 106 cm³/mol. The van der Waals surface area contributed by atoms with E-state index in [0.29, 0.717) is 44.3 Å². The number of hydrogen-bond donors (Lipinski definition) is 0. The molecule has 2 spiro atoms. The van der Waals surface area contributed by atoms with Crippen LogP contribution in [-0.2, 0) is 18.9 Å². The molecule has 30 heavy (non-hydrogen) atoms. The Kier molecular flexibility index (Phi) is 4.34. The largest absolute Gasteiger partial charge is 0.348 e. The van der Waals surface area contributed by atoms with Crippen molar-refractivity contribution in [1.82, 2.24) is 0 Å². The lowest BCUT2D eigenvalue weighted by Gasteiger charge is -2.62. The first-order valence-corrected chi connectivity index (χ1v) is 11.9. The summed E-state index contributed by atoms with van der Waals surface area (Å²) >= 11 is 0. The molecule has 2 saturated heterocycles. The minimum Gasteiger partial charge on any atom is -0.348 e. The van der Waals surface area contributed by atoms with Crippen LogP contribution in [0.5, 0.6) is 0 Å². The Bertz CT molecular complexity index is 752. The van der Waals surface area contributed by atoms with E-state index in [1.807, 2.05) is 0 Å². The summed E-state index contributed by atoms with van der Waals surface area (Å²) in [4.78, 5) is 0. The molecule has 0 N–H and O–H groups in total. The van der Waals surface area contributed by atoms with Crippen LogP contribution in [0.1, 0.15) is 65.2 Å². The quantitative estimate of drug-likeness (QED) is 0.530. The second-order valence-electron chi connectivity index (χ2n) is 11.2. The van der Waals surface area contributed by atoms with Crippen molar-refractivity contribution in [3.8, 4) is 0 Å². The number of fused-ring (bicyclic) bond motifs is 6. The Balaban J connectivity index is 1.37. The van der Waals surface area contributed by atoms with E-state index in [0.717, 1.165) is 44.9 Å². The van der Waals surface area contributed by atoms with Gasteiger partial charge in [0.25, 0.3) is 6.08 Å². The van der Waals surface area contributed by atoms with Crippen molar-refractivity contribution in [1.29, 1.82) is 0 Å². The lowest BCUT2D eigenvalue weighted by atomic mass is 9.43. The molecule has 0 radical (unpaired) electrons. The Hall–Kier alpha value is -0.560. The zero-order valence-electron chi connectivity index (χ0n) is 18.2. The van der Waals surface area contributed by atoms with Gasteiger partial charge in [0.1, 0.15) is 0 Å². The zero-order chi connectivity index (χ0) is 20.8. The molecule has 0 aromatic heterocycles. The fraction of sp³-hybridized carbons (Fsp3) is 0.917. The highest BCUT2D eigenvalue weighted by molar-refractivity contribution is 5.25. The first-order chi connectivity index (χ1) is 14.3. The van der Waals surface area contributed by atoms with E-state index < -0.39 is 17.7 Å². The molecular formula is C24H34F2O4. The summed E-state index contributed by atoms with van der Waals surface area (Å²) in [6.07, 6.45) is 5.41. The van der Waals surface area contributed by atoms with Crippen LogP contribution in [0.15, 0.2) is 11.7 Å². The van der Waals surface area contributed by atoms with Gasteiger partial charge in [0.2, 0.25) is 0 Å². The second kappa shape index (κ2) is 6.49. The molecule has 6 aliphatic rings. The summed E-state index contributed by atoms with van der Waals surface area (Å²) in [7, 11) is 0. The van der Waals surface area contributed by atoms with Crippen molar-refractivity contribution in [2.45, 2.75) is 76.8 Å². The lowest BCUT2D eigenvalue weighted by molar-refractivity contribution is -0.252. The van der Waals surface area contributed by atoms with Gasteiger partial charge in [0, 0.05) is 24.7 Å². The van der Waals surface area contributed by atoms with Crippen molar-refractivity contribution in [3.63, 3.8) is 0 Å². The van der Waals surface area contributed by atoms with E-state index in [9.17, 15) is 8.78 Å². The van der Waals surface area contributed by atoms with Gasteiger partial charge in [-0.05, 0) is 66.8 Å². The average molecular weight is 425 g/mol. The topological polar surface area (TPSA) is 36.9 Å². The highest BCUT2D eigenvalue weighted by Gasteiger charge is 2.69. The van der Waals surface area contributed by atoms with Gasteiger partial charge in [-0.15, -0.1) is 0 Å². The Labute approximate surface area is 177 Å². The number of rotatable bonds is 0. The maximum atomic E-state index is 14.4. The van der Waals surface area contributed by atoms with Crippen molar-refractivity contribution in [3.05, 3.63) is 11.7 Å². The summed E-state index contributed by atoms with van der Waals surface area (Å²) in [5, 5.41) is 0. The summed E-state index contributed by atoms with van der Waals surface area (Å²) in [6.45, 7) is 7.12. The minimum atomic E-state index is -1.45. The Morgan fingerprint density at radius 1 is 0.833 bits per heavy atom. The molecule has 0 bridgehead atoms. The molecule has 6 fully saturated rings. The molecule has 6 atom stereocenters. The monoisotopic (exact) mass is 424 g/mol. The lowest BCUT2D eigenvalue weighted by Crippen LogP contribution is -2.59. The van der Waals surface area contributed by atoms with Crippen molar-refractivity contribution < 1.29 is 27.7 Å². The fourth-order valence-electron chi connectivity index (χ4n) is 8.79. The average Bonchev–Trinajstić information content (AvgIpc) is 3.44. The van der Waals surface area contributed by atoms with Crippen LogP contribution < -0.4 is 0 Å². The van der Waals surface area contributed by atoms with E-state index in [4.69, 9.17) is 18.9 Å². The summed E-state index contributed by atoms with van der Waals surface area (Å²) < 4.78 is 53.3. The Morgan fingerprint density at radius 2 is 1.50 bits per heavy atom. The van der Waals surface area contributed by atoms with Crippen LogP contribution in [0.25, 0.3) is 0 Å². The molecule has 168 valence electrons. The van der Waals surface area contributed by atoms with Gasteiger partial charge in [-0.1, -0.05) is 13.8 Å². The second-order valence-corrected chi connectivity index (χ2v) is 11.2. The fourth-order valence-corrected chi connectivity index (χ4v) is 8.79. The maximum absolute atomic E-state index is 14.4. The smallest absolute Gasteiger partial charge is 0.269 e. The van der Waals surface area contributed by atoms with Gasteiger partial charge in [0.05, 0.1) is 26.4 Å². The van der Waals surface area contributed by atoms with Crippen molar-refractivity contribution in [2.24, 2.45) is 34.5 Å². The molecular weight excluding hydrogens is 390 g/mol. The van der Waals surface area contributed by atoms with E-state index >= 15 is 0 Å². The molecule has 3 unspecified atom stereocenters. The highest BCUT2D eigenvalue weighted by Crippen LogP contribution is 2.71.